The Kier molecular flexibility index (Phi) is 8.59. The normalized spacial score (nSPS) is 16.4. The predicted octanol–water partition coefficient (Wildman–Crippen LogP) is 4.96. The molecule has 0 radical (unpaired) electrons. The van der Waals surface area contributed by atoms with E-state index in [1.807, 2.05) is 56.9 Å². The maximum absolute atomic E-state index is 12.6. The number of fused-ring (bicyclic) bond motifs is 3. The molecule has 1 aromatic carbocycles. The third kappa shape index (κ3) is 5.13. The van der Waals surface area contributed by atoms with E-state index < -0.39 is 0 Å². The molecule has 0 aliphatic carbocycles. The second-order valence-corrected chi connectivity index (χ2v) is 7.00. The summed E-state index contributed by atoms with van der Waals surface area (Å²) < 4.78 is 0. The molecule has 2 atom stereocenters. The van der Waals surface area contributed by atoms with E-state index in [4.69, 9.17) is 0 Å². The topological polar surface area (TPSA) is 74.3 Å². The molecule has 0 spiro atoms. The molecule has 3 heterocycles. The average molecular weight is 414 g/mol. The van der Waals surface area contributed by atoms with E-state index >= 15 is 0 Å². The van der Waals surface area contributed by atoms with Gasteiger partial charge in [-0.05, 0) is 48.8 Å². The Labute approximate surface area is 175 Å². The van der Waals surface area contributed by atoms with E-state index in [1.165, 1.54) is 0 Å². The van der Waals surface area contributed by atoms with Crippen LogP contribution in [0, 0.1) is 0 Å². The van der Waals surface area contributed by atoms with Crippen molar-refractivity contribution in [1.29, 1.82) is 0 Å². The molecule has 1 aromatic heterocycles. The molecule has 4 rings (SSSR count). The molecule has 0 saturated carbocycles. The van der Waals surface area contributed by atoms with Crippen LogP contribution < -0.4 is 15.9 Å². The minimum Gasteiger partial charge on any atom is -0.331 e. The fourth-order valence-corrected chi connectivity index (χ4v) is 3.77. The average Bonchev–Trinajstić information content (AvgIpc) is 3.06. The Morgan fingerprint density at radius 2 is 1.86 bits per heavy atom. The molecule has 0 bridgehead atoms. The zero-order valence-electron chi connectivity index (χ0n) is 17.7. The van der Waals surface area contributed by atoms with Gasteiger partial charge in [0.1, 0.15) is 5.82 Å². The second kappa shape index (κ2) is 10.9. The Morgan fingerprint density at radius 1 is 1.10 bits per heavy atom. The van der Waals surface area contributed by atoms with Crippen molar-refractivity contribution in [2.45, 2.75) is 53.0 Å². The van der Waals surface area contributed by atoms with E-state index in [0.717, 1.165) is 36.7 Å². The highest BCUT2D eigenvalue weighted by Crippen LogP contribution is 2.43. The Bertz CT molecular complexity index is 839. The highest BCUT2D eigenvalue weighted by Gasteiger charge is 2.39. The van der Waals surface area contributed by atoms with Crippen LogP contribution in [0.5, 0.6) is 0 Å². The third-order valence-electron chi connectivity index (χ3n) is 4.71. The van der Waals surface area contributed by atoms with Crippen molar-refractivity contribution in [1.82, 2.24) is 9.88 Å². The van der Waals surface area contributed by atoms with E-state index in [-0.39, 0.29) is 18.0 Å². The number of nitrogens with zero attached hydrogens (tertiary/aromatic N) is 2. The minimum atomic E-state index is -0.362. The van der Waals surface area contributed by atoms with Crippen molar-refractivity contribution in [3.05, 3.63) is 47.7 Å². The van der Waals surface area contributed by atoms with Crippen LogP contribution in [0.2, 0.25) is 0 Å². The second-order valence-electron chi connectivity index (χ2n) is 6.33. The number of amides is 3. The smallest absolute Gasteiger partial charge is 0.324 e. The zero-order chi connectivity index (χ0) is 21.4. The van der Waals surface area contributed by atoms with Crippen LogP contribution in [0.4, 0.5) is 16.3 Å². The summed E-state index contributed by atoms with van der Waals surface area (Å²) in [5.74, 6) is 0.549. The molecule has 29 heavy (non-hydrogen) atoms. The number of carbonyl (C=O) groups excluding carboxylic acids is 2. The van der Waals surface area contributed by atoms with Crippen LogP contribution in [0.3, 0.4) is 0 Å². The van der Waals surface area contributed by atoms with Crippen molar-refractivity contribution in [2.75, 3.05) is 17.2 Å². The SMILES string of the molecule is CC.CC.O=C(Nc1ccc(P)cn1)Nc1cccc2c1C1CCCCN1C2=O. The number of hydrogen-bond donors (Lipinski definition) is 2. The standard InChI is InChI=1S/C18H19N4O2P.2C2H6/c23-17-12-4-3-5-13(16(12)14-6-1-2-9-22(14)17)20-18(24)21-15-8-7-11(25)10-19-15;2*1-2/h3-5,7-8,10,14H,1-2,6,9,25H2,(H2,19,20,21,24);2*1-2H3. The first-order chi connectivity index (χ1) is 14.1. The molecule has 2 unspecified atom stereocenters. The number of rotatable bonds is 2. The lowest BCUT2D eigenvalue weighted by molar-refractivity contribution is 0.0672. The van der Waals surface area contributed by atoms with Gasteiger partial charge in [0.2, 0.25) is 0 Å². The third-order valence-corrected chi connectivity index (χ3v) is 5.05. The van der Waals surface area contributed by atoms with E-state index in [0.29, 0.717) is 17.1 Å². The lowest BCUT2D eigenvalue weighted by atomic mass is 9.96. The molecule has 2 aliphatic heterocycles. The van der Waals surface area contributed by atoms with Crippen molar-refractivity contribution < 1.29 is 9.59 Å². The number of aromatic nitrogens is 1. The fourth-order valence-electron chi connectivity index (χ4n) is 3.60. The molecule has 3 amide bonds. The van der Waals surface area contributed by atoms with Crippen LogP contribution in [0.15, 0.2) is 36.5 Å². The molecule has 1 fully saturated rings. The molecule has 2 aromatic rings. The van der Waals surface area contributed by atoms with Gasteiger partial charge < -0.3 is 10.2 Å². The van der Waals surface area contributed by atoms with Gasteiger partial charge in [-0.1, -0.05) is 33.8 Å². The summed E-state index contributed by atoms with van der Waals surface area (Å²) in [4.78, 5) is 31.0. The van der Waals surface area contributed by atoms with Gasteiger partial charge in [0.25, 0.3) is 5.91 Å². The van der Waals surface area contributed by atoms with Gasteiger partial charge >= 0.3 is 6.03 Å². The van der Waals surface area contributed by atoms with Crippen molar-refractivity contribution in [3.63, 3.8) is 0 Å². The molecular formula is C22H31N4O2P. The predicted molar refractivity (Wildman–Crippen MR) is 123 cm³/mol. The van der Waals surface area contributed by atoms with Crippen LogP contribution in [0.1, 0.15) is 68.9 Å². The van der Waals surface area contributed by atoms with Gasteiger partial charge in [-0.3, -0.25) is 10.1 Å². The number of benzene rings is 1. The Balaban J connectivity index is 0.000000707. The summed E-state index contributed by atoms with van der Waals surface area (Å²) in [5.41, 5.74) is 2.34. The summed E-state index contributed by atoms with van der Waals surface area (Å²) in [5, 5.41) is 6.55. The number of piperidine rings is 1. The summed E-state index contributed by atoms with van der Waals surface area (Å²) in [6.45, 7) is 8.79. The molecular weight excluding hydrogens is 383 g/mol. The minimum absolute atomic E-state index is 0.0708. The first kappa shape index (κ1) is 22.8. The molecule has 2 aliphatic rings. The number of pyridine rings is 1. The van der Waals surface area contributed by atoms with Gasteiger partial charge in [0.05, 0.1) is 6.04 Å². The number of urea groups is 1. The summed E-state index contributed by atoms with van der Waals surface area (Å²) >= 11 is 0. The largest absolute Gasteiger partial charge is 0.331 e. The lowest BCUT2D eigenvalue weighted by Crippen LogP contribution is -2.32. The Hall–Kier alpha value is -2.46. The van der Waals surface area contributed by atoms with Crippen LogP contribution in [-0.2, 0) is 0 Å². The van der Waals surface area contributed by atoms with Gasteiger partial charge in [-0.2, -0.15) is 0 Å². The van der Waals surface area contributed by atoms with E-state index in [1.54, 1.807) is 12.3 Å². The van der Waals surface area contributed by atoms with Crippen molar-refractivity contribution >= 4 is 38.0 Å². The number of hydrogen-bond acceptors (Lipinski definition) is 3. The first-order valence-corrected chi connectivity index (χ1v) is 10.9. The van der Waals surface area contributed by atoms with Gasteiger partial charge in [-0.25, -0.2) is 9.78 Å². The van der Waals surface area contributed by atoms with Gasteiger partial charge in [-0.15, -0.1) is 9.24 Å². The van der Waals surface area contributed by atoms with E-state index in [2.05, 4.69) is 24.9 Å². The fraction of sp³-hybridized carbons (Fsp3) is 0.409. The lowest BCUT2D eigenvalue weighted by Gasteiger charge is -2.30. The summed E-state index contributed by atoms with van der Waals surface area (Å²) in [7, 11) is 2.55. The summed E-state index contributed by atoms with van der Waals surface area (Å²) in [6.07, 6.45) is 4.74. The van der Waals surface area contributed by atoms with E-state index in [9.17, 15) is 9.59 Å². The van der Waals surface area contributed by atoms with Crippen molar-refractivity contribution in [2.24, 2.45) is 0 Å². The number of carbonyl (C=O) groups is 2. The maximum Gasteiger partial charge on any atom is 0.324 e. The van der Waals surface area contributed by atoms with Gasteiger partial charge in [0, 0.05) is 29.6 Å². The van der Waals surface area contributed by atoms with Gasteiger partial charge in [0.15, 0.2) is 0 Å². The Morgan fingerprint density at radius 3 is 2.55 bits per heavy atom. The summed E-state index contributed by atoms with van der Waals surface area (Å²) in [6, 6.07) is 8.81. The van der Waals surface area contributed by atoms with Crippen LogP contribution in [0.25, 0.3) is 0 Å². The van der Waals surface area contributed by atoms with Crippen LogP contribution >= 0.6 is 9.24 Å². The molecule has 7 heteroatoms. The zero-order valence-corrected chi connectivity index (χ0v) is 18.8. The van der Waals surface area contributed by atoms with Crippen molar-refractivity contribution in [3.8, 4) is 0 Å². The highest BCUT2D eigenvalue weighted by molar-refractivity contribution is 7.27. The molecule has 6 nitrogen and oxygen atoms in total. The number of anilines is 2. The molecule has 1 saturated heterocycles. The molecule has 2 N–H and O–H groups in total. The number of nitrogens with one attached hydrogen (secondary N) is 2. The quantitative estimate of drug-likeness (QED) is 0.682. The monoisotopic (exact) mass is 414 g/mol. The first-order valence-electron chi connectivity index (χ1n) is 10.4. The van der Waals surface area contributed by atoms with Crippen LogP contribution in [-0.4, -0.2) is 28.4 Å². The molecule has 156 valence electrons. The highest BCUT2D eigenvalue weighted by atomic mass is 31.0. The maximum atomic E-state index is 12.6.